The minimum absolute atomic E-state index is 0.0172. The van der Waals surface area contributed by atoms with Crippen LogP contribution in [0.4, 0.5) is 5.69 Å². The molecule has 2 heterocycles. The number of sulfonamides is 1. The zero-order chi connectivity index (χ0) is 17.3. The van der Waals surface area contributed by atoms with E-state index in [1.54, 1.807) is 0 Å². The molecular formula is C15H17ClN2O5S. The standard InChI is InChI=1S/C15H17ClN2O5S/c16-13-4-3-10(18-14(19)5-7-24(18,21)22)8-12(13)15(20)17-9-11-2-1-6-23-11/h3-4,8,11H,1-2,5-7,9H2,(H,17,20)/t11-/m0/s1. The van der Waals surface area contributed by atoms with E-state index in [2.05, 4.69) is 5.32 Å². The molecule has 2 aliphatic heterocycles. The Bertz CT molecular complexity index is 774. The van der Waals surface area contributed by atoms with Crippen molar-refractivity contribution < 1.29 is 22.7 Å². The first-order valence-electron chi connectivity index (χ1n) is 7.64. The number of nitrogens with zero attached hydrogens (tertiary/aromatic N) is 1. The summed E-state index contributed by atoms with van der Waals surface area (Å²) in [4.78, 5) is 24.2. The number of carbonyl (C=O) groups excluding carboxylic acids is 2. The van der Waals surface area contributed by atoms with Crippen molar-refractivity contribution in [2.75, 3.05) is 23.2 Å². The molecule has 1 atom stereocenters. The zero-order valence-electron chi connectivity index (χ0n) is 12.8. The van der Waals surface area contributed by atoms with E-state index in [1.165, 1.54) is 18.2 Å². The van der Waals surface area contributed by atoms with Crippen molar-refractivity contribution >= 4 is 39.1 Å². The maximum absolute atomic E-state index is 12.3. The molecule has 9 heteroatoms. The maximum Gasteiger partial charge on any atom is 0.252 e. The van der Waals surface area contributed by atoms with Gasteiger partial charge in [0.25, 0.3) is 5.91 Å². The Labute approximate surface area is 145 Å². The fourth-order valence-electron chi connectivity index (χ4n) is 2.79. The van der Waals surface area contributed by atoms with E-state index in [9.17, 15) is 18.0 Å². The summed E-state index contributed by atoms with van der Waals surface area (Å²) in [5.74, 6) is -1.17. The van der Waals surface area contributed by atoms with E-state index < -0.39 is 21.8 Å². The first-order valence-corrected chi connectivity index (χ1v) is 9.62. The smallest absolute Gasteiger partial charge is 0.252 e. The third kappa shape index (κ3) is 3.40. The molecule has 7 nitrogen and oxygen atoms in total. The average molecular weight is 373 g/mol. The third-order valence-electron chi connectivity index (χ3n) is 4.02. The predicted octanol–water partition coefficient (Wildman–Crippen LogP) is 1.32. The van der Waals surface area contributed by atoms with Crippen LogP contribution in [0.25, 0.3) is 0 Å². The van der Waals surface area contributed by atoms with Crippen LogP contribution in [0.15, 0.2) is 18.2 Å². The van der Waals surface area contributed by atoms with Crippen LogP contribution in [0.1, 0.15) is 29.6 Å². The monoisotopic (exact) mass is 372 g/mol. The van der Waals surface area contributed by atoms with Crippen LogP contribution in [0.3, 0.4) is 0 Å². The van der Waals surface area contributed by atoms with Gasteiger partial charge in [-0.05, 0) is 31.0 Å². The number of carbonyl (C=O) groups is 2. The van der Waals surface area contributed by atoms with E-state index in [-0.39, 0.29) is 34.6 Å². The molecule has 0 saturated carbocycles. The highest BCUT2D eigenvalue weighted by Crippen LogP contribution is 2.29. The summed E-state index contributed by atoms with van der Waals surface area (Å²) in [5, 5.41) is 2.92. The van der Waals surface area contributed by atoms with E-state index in [1.807, 2.05) is 0 Å². The molecule has 3 rings (SSSR count). The van der Waals surface area contributed by atoms with Gasteiger partial charge in [0.1, 0.15) is 0 Å². The number of hydrogen-bond donors (Lipinski definition) is 1. The van der Waals surface area contributed by atoms with E-state index in [0.717, 1.165) is 17.1 Å². The van der Waals surface area contributed by atoms with E-state index >= 15 is 0 Å². The summed E-state index contributed by atoms with van der Waals surface area (Å²) in [6.07, 6.45) is 1.77. The number of halogens is 1. The minimum atomic E-state index is -3.68. The van der Waals surface area contributed by atoms with Gasteiger partial charge in [0, 0.05) is 19.6 Å². The summed E-state index contributed by atoms with van der Waals surface area (Å²) in [7, 11) is -3.68. The molecule has 0 spiro atoms. The Morgan fingerprint density at radius 1 is 1.42 bits per heavy atom. The molecule has 1 N–H and O–H groups in total. The number of hydrogen-bond acceptors (Lipinski definition) is 5. The van der Waals surface area contributed by atoms with Gasteiger partial charge in [-0.1, -0.05) is 11.6 Å². The second kappa shape index (κ2) is 6.70. The molecular weight excluding hydrogens is 356 g/mol. The van der Waals surface area contributed by atoms with E-state index in [0.29, 0.717) is 13.2 Å². The highest BCUT2D eigenvalue weighted by atomic mass is 35.5. The molecule has 2 saturated heterocycles. The van der Waals surface area contributed by atoms with Crippen molar-refractivity contribution in [3.05, 3.63) is 28.8 Å². The van der Waals surface area contributed by atoms with Crippen LogP contribution in [-0.2, 0) is 19.6 Å². The largest absolute Gasteiger partial charge is 0.376 e. The molecule has 0 radical (unpaired) electrons. The van der Waals surface area contributed by atoms with Gasteiger partial charge in [-0.2, -0.15) is 0 Å². The second-order valence-corrected chi connectivity index (χ2v) is 8.08. The topological polar surface area (TPSA) is 92.8 Å². The van der Waals surface area contributed by atoms with Crippen molar-refractivity contribution in [3.63, 3.8) is 0 Å². The van der Waals surface area contributed by atoms with Crippen molar-refractivity contribution in [1.82, 2.24) is 5.32 Å². The Kier molecular flexibility index (Phi) is 4.80. The van der Waals surface area contributed by atoms with Crippen LogP contribution in [0, 0.1) is 0 Å². The molecule has 0 aliphatic carbocycles. The first kappa shape index (κ1) is 17.2. The molecule has 130 valence electrons. The lowest BCUT2D eigenvalue weighted by atomic mass is 10.1. The van der Waals surface area contributed by atoms with Gasteiger partial charge in [-0.15, -0.1) is 0 Å². The number of ether oxygens (including phenoxy) is 1. The van der Waals surface area contributed by atoms with Gasteiger partial charge in [0.15, 0.2) is 0 Å². The Morgan fingerprint density at radius 2 is 2.21 bits per heavy atom. The Hall–Kier alpha value is -1.64. The summed E-state index contributed by atoms with van der Waals surface area (Å²) in [6, 6.07) is 4.16. The van der Waals surface area contributed by atoms with Crippen LogP contribution in [0.5, 0.6) is 0 Å². The minimum Gasteiger partial charge on any atom is -0.376 e. The van der Waals surface area contributed by atoms with Crippen molar-refractivity contribution in [1.29, 1.82) is 0 Å². The summed E-state index contributed by atoms with van der Waals surface area (Å²) in [6.45, 7) is 1.05. The summed E-state index contributed by atoms with van der Waals surface area (Å²) >= 11 is 6.06. The molecule has 0 aromatic heterocycles. The Balaban J connectivity index is 1.81. The lowest BCUT2D eigenvalue weighted by Crippen LogP contribution is -2.33. The zero-order valence-corrected chi connectivity index (χ0v) is 14.4. The van der Waals surface area contributed by atoms with E-state index in [4.69, 9.17) is 16.3 Å². The highest BCUT2D eigenvalue weighted by molar-refractivity contribution is 7.94. The van der Waals surface area contributed by atoms with Crippen molar-refractivity contribution in [3.8, 4) is 0 Å². The number of amides is 2. The van der Waals surface area contributed by atoms with Gasteiger partial charge in [-0.3, -0.25) is 9.59 Å². The summed E-state index contributed by atoms with van der Waals surface area (Å²) in [5.41, 5.74) is 0.256. The fourth-order valence-corrected chi connectivity index (χ4v) is 4.44. The number of rotatable bonds is 4. The van der Waals surface area contributed by atoms with Gasteiger partial charge < -0.3 is 10.1 Å². The van der Waals surface area contributed by atoms with Crippen LogP contribution >= 0.6 is 11.6 Å². The second-order valence-electron chi connectivity index (χ2n) is 5.73. The van der Waals surface area contributed by atoms with Crippen LogP contribution < -0.4 is 9.62 Å². The number of nitrogens with one attached hydrogen (secondary N) is 1. The van der Waals surface area contributed by atoms with Gasteiger partial charge in [0.05, 0.1) is 28.1 Å². The van der Waals surface area contributed by atoms with Gasteiger partial charge in [0.2, 0.25) is 15.9 Å². The van der Waals surface area contributed by atoms with Crippen LogP contribution in [0.2, 0.25) is 5.02 Å². The average Bonchev–Trinajstić information content (AvgIpc) is 3.14. The molecule has 2 fully saturated rings. The molecule has 0 bridgehead atoms. The SMILES string of the molecule is O=C(NC[C@@H]1CCCO1)c1cc(N2C(=O)CCS2(=O)=O)ccc1Cl. The molecule has 1 aromatic carbocycles. The molecule has 0 unspecified atom stereocenters. The quantitative estimate of drug-likeness (QED) is 0.860. The number of anilines is 1. The van der Waals surface area contributed by atoms with Crippen LogP contribution in [-0.4, -0.2) is 45.2 Å². The van der Waals surface area contributed by atoms with Crippen molar-refractivity contribution in [2.45, 2.75) is 25.4 Å². The Morgan fingerprint density at radius 3 is 2.83 bits per heavy atom. The normalized spacial score (nSPS) is 22.8. The molecule has 24 heavy (non-hydrogen) atoms. The number of benzene rings is 1. The first-order chi connectivity index (χ1) is 11.4. The molecule has 1 aromatic rings. The summed E-state index contributed by atoms with van der Waals surface area (Å²) < 4.78 is 30.2. The third-order valence-corrected chi connectivity index (χ3v) is 6.04. The highest BCUT2D eigenvalue weighted by Gasteiger charge is 2.36. The van der Waals surface area contributed by atoms with Gasteiger partial charge >= 0.3 is 0 Å². The predicted molar refractivity (Wildman–Crippen MR) is 88.6 cm³/mol. The maximum atomic E-state index is 12.3. The lowest BCUT2D eigenvalue weighted by molar-refractivity contribution is -0.116. The van der Waals surface area contributed by atoms with Crippen molar-refractivity contribution in [2.24, 2.45) is 0 Å². The fraction of sp³-hybridized carbons (Fsp3) is 0.467. The lowest BCUT2D eigenvalue weighted by Gasteiger charge is -2.17. The molecule has 2 amide bonds. The molecule has 2 aliphatic rings. The van der Waals surface area contributed by atoms with Gasteiger partial charge in [-0.25, -0.2) is 12.7 Å².